The highest BCUT2D eigenvalue weighted by atomic mass is 16.5. The van der Waals surface area contributed by atoms with E-state index in [1.807, 2.05) is 0 Å². The Hall–Kier alpha value is -1.32. The average molecular weight is 242 g/mol. The van der Waals surface area contributed by atoms with Crippen LogP contribution in [-0.2, 0) is 14.3 Å². The van der Waals surface area contributed by atoms with Gasteiger partial charge in [-0.25, -0.2) is 9.59 Å². The molecule has 0 rings (SSSR count). The predicted octanol–water partition coefficient (Wildman–Crippen LogP) is 2.78. The van der Waals surface area contributed by atoms with E-state index < -0.39 is 11.9 Å². The molecule has 0 amide bonds. The highest BCUT2D eigenvalue weighted by molar-refractivity contribution is 5.90. The van der Waals surface area contributed by atoms with Crippen LogP contribution in [0.3, 0.4) is 0 Å². The molecule has 0 aromatic heterocycles. The molecule has 0 spiro atoms. The number of carboxylic acids is 1. The quantitative estimate of drug-likeness (QED) is 0.525. The Morgan fingerprint density at radius 2 is 1.94 bits per heavy atom. The molecule has 0 aromatic rings. The summed E-state index contributed by atoms with van der Waals surface area (Å²) in [5.74, 6) is -1.27. The van der Waals surface area contributed by atoms with Crippen LogP contribution in [0, 0.1) is 5.92 Å². The van der Waals surface area contributed by atoms with Gasteiger partial charge in [0.25, 0.3) is 0 Å². The van der Waals surface area contributed by atoms with E-state index in [1.165, 1.54) is 0 Å². The first-order chi connectivity index (χ1) is 7.95. The van der Waals surface area contributed by atoms with E-state index >= 15 is 0 Å². The third-order valence-corrected chi connectivity index (χ3v) is 2.26. The van der Waals surface area contributed by atoms with Crippen molar-refractivity contribution in [1.29, 1.82) is 0 Å². The fourth-order valence-corrected chi connectivity index (χ4v) is 1.53. The molecule has 4 nitrogen and oxygen atoms in total. The summed E-state index contributed by atoms with van der Waals surface area (Å²) in [6, 6.07) is 0. The summed E-state index contributed by atoms with van der Waals surface area (Å²) in [4.78, 5) is 21.6. The fourth-order valence-electron chi connectivity index (χ4n) is 1.53. The van der Waals surface area contributed by atoms with Gasteiger partial charge in [0, 0.05) is 12.2 Å². The minimum absolute atomic E-state index is 0.110. The number of hydrogen-bond acceptors (Lipinski definition) is 3. The number of carboxylic acid groups (broad SMARTS) is 1. The summed E-state index contributed by atoms with van der Waals surface area (Å²) in [5.41, 5.74) is 0. The number of carbonyl (C=O) groups excluding carboxylic acids is 1. The second-order valence-corrected chi connectivity index (χ2v) is 4.50. The highest BCUT2D eigenvalue weighted by Gasteiger charge is 2.14. The van der Waals surface area contributed by atoms with Gasteiger partial charge in [-0.2, -0.15) is 0 Å². The van der Waals surface area contributed by atoms with Gasteiger partial charge in [0.05, 0.1) is 0 Å². The molecular formula is C13H22O4. The number of unbranched alkanes of at least 4 members (excludes halogenated alkanes) is 1. The van der Waals surface area contributed by atoms with Gasteiger partial charge in [0.2, 0.25) is 0 Å². The maximum absolute atomic E-state index is 11.3. The van der Waals surface area contributed by atoms with E-state index in [0.717, 1.165) is 37.8 Å². The van der Waals surface area contributed by atoms with Gasteiger partial charge in [-0.15, -0.1) is 0 Å². The Morgan fingerprint density at radius 3 is 2.41 bits per heavy atom. The summed E-state index contributed by atoms with van der Waals surface area (Å²) in [6.45, 7) is 6.22. The van der Waals surface area contributed by atoms with E-state index in [4.69, 9.17) is 9.84 Å². The first kappa shape index (κ1) is 15.7. The van der Waals surface area contributed by atoms with Crippen molar-refractivity contribution in [2.75, 3.05) is 0 Å². The molecule has 1 atom stereocenters. The number of ether oxygens (including phenoxy) is 1. The zero-order valence-corrected chi connectivity index (χ0v) is 10.8. The standard InChI is InChI=1S/C13H22O4/c1-4-5-6-11(9-10(2)3)17-13(16)8-7-12(14)15/h7-8,10-11H,4-6,9H2,1-3H3,(H,14,15)/b8-7-. The molecule has 4 heteroatoms. The van der Waals surface area contributed by atoms with Crippen molar-refractivity contribution < 1.29 is 19.4 Å². The number of carbonyl (C=O) groups is 2. The molecule has 0 bridgehead atoms. The molecular weight excluding hydrogens is 220 g/mol. The van der Waals surface area contributed by atoms with Gasteiger partial charge >= 0.3 is 11.9 Å². The van der Waals surface area contributed by atoms with Crippen molar-refractivity contribution in [2.45, 2.75) is 52.6 Å². The van der Waals surface area contributed by atoms with Crippen molar-refractivity contribution in [2.24, 2.45) is 5.92 Å². The molecule has 1 N–H and O–H groups in total. The number of hydrogen-bond donors (Lipinski definition) is 1. The van der Waals surface area contributed by atoms with Crippen LogP contribution in [0.2, 0.25) is 0 Å². The zero-order chi connectivity index (χ0) is 13.3. The Balaban J connectivity index is 4.21. The highest BCUT2D eigenvalue weighted by Crippen LogP contribution is 2.15. The third-order valence-electron chi connectivity index (χ3n) is 2.26. The van der Waals surface area contributed by atoms with E-state index in [0.29, 0.717) is 5.92 Å². The summed E-state index contributed by atoms with van der Waals surface area (Å²) in [6.07, 6.45) is 5.36. The minimum atomic E-state index is -1.14. The van der Waals surface area contributed by atoms with Crippen LogP contribution >= 0.6 is 0 Å². The molecule has 0 heterocycles. The molecule has 0 fully saturated rings. The van der Waals surface area contributed by atoms with Crippen molar-refractivity contribution in [1.82, 2.24) is 0 Å². The van der Waals surface area contributed by atoms with Gasteiger partial charge in [0.15, 0.2) is 0 Å². The Bertz CT molecular complexity index is 269. The van der Waals surface area contributed by atoms with Crippen molar-refractivity contribution in [3.05, 3.63) is 12.2 Å². The maximum Gasteiger partial charge on any atom is 0.331 e. The van der Waals surface area contributed by atoms with E-state index in [9.17, 15) is 9.59 Å². The van der Waals surface area contributed by atoms with Crippen molar-refractivity contribution >= 4 is 11.9 Å². The van der Waals surface area contributed by atoms with Gasteiger partial charge in [0.1, 0.15) is 6.10 Å². The van der Waals surface area contributed by atoms with Crippen LogP contribution in [0.1, 0.15) is 46.5 Å². The van der Waals surface area contributed by atoms with Gasteiger partial charge in [-0.3, -0.25) is 0 Å². The van der Waals surface area contributed by atoms with Crippen LogP contribution in [0.25, 0.3) is 0 Å². The maximum atomic E-state index is 11.3. The van der Waals surface area contributed by atoms with Crippen molar-refractivity contribution in [3.63, 3.8) is 0 Å². The average Bonchev–Trinajstić information content (AvgIpc) is 2.22. The number of rotatable bonds is 8. The lowest BCUT2D eigenvalue weighted by molar-refractivity contribution is -0.144. The first-order valence-electron chi connectivity index (χ1n) is 6.07. The van der Waals surface area contributed by atoms with Crippen LogP contribution in [-0.4, -0.2) is 23.1 Å². The van der Waals surface area contributed by atoms with Gasteiger partial charge in [-0.1, -0.05) is 33.6 Å². The van der Waals surface area contributed by atoms with E-state index in [-0.39, 0.29) is 6.10 Å². The van der Waals surface area contributed by atoms with Crippen LogP contribution in [0.4, 0.5) is 0 Å². The Kier molecular flexibility index (Phi) is 8.11. The molecule has 0 saturated carbocycles. The molecule has 0 aliphatic heterocycles. The first-order valence-corrected chi connectivity index (χ1v) is 6.07. The Morgan fingerprint density at radius 1 is 1.29 bits per heavy atom. The zero-order valence-electron chi connectivity index (χ0n) is 10.8. The normalized spacial score (nSPS) is 12.9. The number of aliphatic carboxylic acids is 1. The molecule has 0 aliphatic rings. The SMILES string of the molecule is CCCCC(CC(C)C)OC(=O)/C=C\C(=O)O. The van der Waals surface area contributed by atoms with E-state index in [1.54, 1.807) is 0 Å². The predicted molar refractivity (Wildman–Crippen MR) is 65.6 cm³/mol. The topological polar surface area (TPSA) is 63.6 Å². The molecule has 0 aromatic carbocycles. The van der Waals surface area contributed by atoms with Crippen molar-refractivity contribution in [3.8, 4) is 0 Å². The molecule has 17 heavy (non-hydrogen) atoms. The van der Waals surface area contributed by atoms with Crippen LogP contribution in [0.5, 0.6) is 0 Å². The largest absolute Gasteiger partial charge is 0.478 e. The number of esters is 1. The summed E-state index contributed by atoms with van der Waals surface area (Å²) >= 11 is 0. The fraction of sp³-hybridized carbons (Fsp3) is 0.692. The molecule has 0 saturated heterocycles. The second-order valence-electron chi connectivity index (χ2n) is 4.50. The lowest BCUT2D eigenvalue weighted by Crippen LogP contribution is -2.19. The minimum Gasteiger partial charge on any atom is -0.478 e. The molecule has 0 radical (unpaired) electrons. The van der Waals surface area contributed by atoms with Gasteiger partial charge < -0.3 is 9.84 Å². The lowest BCUT2D eigenvalue weighted by Gasteiger charge is -2.18. The molecule has 1 unspecified atom stereocenters. The summed E-state index contributed by atoms with van der Waals surface area (Å²) < 4.78 is 5.22. The summed E-state index contributed by atoms with van der Waals surface area (Å²) in [7, 11) is 0. The monoisotopic (exact) mass is 242 g/mol. The second kappa shape index (κ2) is 8.79. The lowest BCUT2D eigenvalue weighted by atomic mass is 10.0. The third kappa shape index (κ3) is 9.60. The molecule has 98 valence electrons. The van der Waals surface area contributed by atoms with Crippen LogP contribution in [0.15, 0.2) is 12.2 Å². The Labute approximate surface area is 103 Å². The molecule has 0 aliphatic carbocycles. The van der Waals surface area contributed by atoms with E-state index in [2.05, 4.69) is 20.8 Å². The summed E-state index contributed by atoms with van der Waals surface area (Å²) in [5, 5.41) is 8.39. The van der Waals surface area contributed by atoms with Gasteiger partial charge in [-0.05, 0) is 18.8 Å². The smallest absolute Gasteiger partial charge is 0.331 e. The van der Waals surface area contributed by atoms with Crippen LogP contribution < -0.4 is 0 Å².